The second-order valence-electron chi connectivity index (χ2n) is 5.06. The Kier molecular flexibility index (Phi) is 15.1. The molecular formula is C19H24Cl2NO3P. The second-order valence-corrected chi connectivity index (χ2v) is 6.71. The van der Waals surface area contributed by atoms with Crippen LogP contribution in [0.5, 0.6) is 0 Å². The van der Waals surface area contributed by atoms with E-state index in [4.69, 9.17) is 32.8 Å². The average Bonchev–Trinajstić information content (AvgIpc) is 2.69. The minimum absolute atomic E-state index is 0.0368. The Labute approximate surface area is 167 Å². The van der Waals surface area contributed by atoms with Crippen LogP contribution >= 0.6 is 31.7 Å². The third kappa shape index (κ3) is 10.0. The molecule has 1 atom stereocenters. The predicted octanol–water partition coefficient (Wildman–Crippen LogP) is 6.28. The average molecular weight is 416 g/mol. The number of benzene rings is 2. The Balaban J connectivity index is 0.000000458. The van der Waals surface area contributed by atoms with Crippen LogP contribution in [0.3, 0.4) is 0 Å². The summed E-state index contributed by atoms with van der Waals surface area (Å²) in [7, 11) is 1.90. The largest absolute Gasteiger partial charge is 0.307 e. The number of hydroxylamine groups is 1. The van der Waals surface area contributed by atoms with Gasteiger partial charge in [-0.05, 0) is 29.7 Å². The predicted molar refractivity (Wildman–Crippen MR) is 109 cm³/mol. The molecule has 0 radical (unpaired) electrons. The third-order valence-electron chi connectivity index (χ3n) is 3.24. The van der Waals surface area contributed by atoms with Crippen LogP contribution in [-0.2, 0) is 20.8 Å². The second kappa shape index (κ2) is 15.9. The van der Waals surface area contributed by atoms with Crippen LogP contribution < -0.4 is 5.48 Å². The maximum absolute atomic E-state index is 10.9. The minimum Gasteiger partial charge on any atom is -0.307 e. The van der Waals surface area contributed by atoms with E-state index in [-0.39, 0.29) is 14.1 Å². The zero-order valence-corrected chi connectivity index (χ0v) is 17.4. The van der Waals surface area contributed by atoms with Crippen molar-refractivity contribution in [3.8, 4) is 0 Å². The molecule has 1 N–H and O–H groups in total. The van der Waals surface area contributed by atoms with E-state index in [1.807, 2.05) is 43.2 Å². The highest BCUT2D eigenvalue weighted by molar-refractivity contribution is 7.24. The van der Waals surface area contributed by atoms with E-state index < -0.39 is 0 Å². The zero-order valence-electron chi connectivity index (χ0n) is 15.0. The summed E-state index contributed by atoms with van der Waals surface area (Å²) in [4.78, 5) is 13.0. The van der Waals surface area contributed by atoms with Crippen molar-refractivity contribution in [2.75, 3.05) is 7.05 Å². The molecule has 0 fully saturated rings. The third-order valence-corrected chi connectivity index (χ3v) is 4.79. The van der Waals surface area contributed by atoms with Crippen molar-refractivity contribution >= 4 is 38.5 Å². The first-order chi connectivity index (χ1) is 12.6. The fraction of sp³-hybridized carbons (Fsp3) is 0.316. The highest BCUT2D eigenvalue weighted by Crippen LogP contribution is 2.34. The first-order valence-electron chi connectivity index (χ1n) is 8.01. The van der Waals surface area contributed by atoms with Gasteiger partial charge in [-0.3, -0.25) is 9.40 Å². The summed E-state index contributed by atoms with van der Waals surface area (Å²) in [6.07, 6.45) is 1.89. The lowest BCUT2D eigenvalue weighted by molar-refractivity contribution is -0.0979. The van der Waals surface area contributed by atoms with Crippen LogP contribution in [0.4, 0.5) is 0 Å². The molecule has 2 rings (SSSR count). The van der Waals surface area contributed by atoms with E-state index in [2.05, 4.69) is 12.4 Å². The standard InChI is InChI=1S/C10H11Cl2OP.C8H11NO.CH2O/c1-2-3-10(14-13)7-4-5-8(11)9(12)6-7;1-9-10-7-8-5-3-2-4-6-8;1-2/h4-6,10H,2-3H2,1H3;2-6,9H,7H2,1H3;1H2. The molecule has 4 nitrogen and oxygen atoms in total. The molecule has 142 valence electrons. The van der Waals surface area contributed by atoms with Gasteiger partial charge in [0.2, 0.25) is 0 Å². The van der Waals surface area contributed by atoms with Gasteiger partial charge in [0.1, 0.15) is 6.79 Å². The summed E-state index contributed by atoms with van der Waals surface area (Å²) < 4.78 is 10.9. The monoisotopic (exact) mass is 415 g/mol. The van der Waals surface area contributed by atoms with Gasteiger partial charge in [-0.25, -0.2) is 5.48 Å². The minimum atomic E-state index is 0.0368. The summed E-state index contributed by atoms with van der Waals surface area (Å²) in [5.74, 6) is 0. The number of rotatable bonds is 7. The van der Waals surface area contributed by atoms with Gasteiger partial charge < -0.3 is 4.79 Å². The Morgan fingerprint density at radius 3 is 2.27 bits per heavy atom. The molecule has 0 heterocycles. The van der Waals surface area contributed by atoms with Gasteiger partial charge in [-0.15, -0.1) is 0 Å². The normalized spacial score (nSPS) is 10.9. The van der Waals surface area contributed by atoms with Crippen molar-refractivity contribution in [2.24, 2.45) is 0 Å². The van der Waals surface area contributed by atoms with Crippen molar-refractivity contribution < 1.29 is 14.2 Å². The molecule has 7 heteroatoms. The van der Waals surface area contributed by atoms with Crippen LogP contribution in [0, 0.1) is 0 Å². The molecule has 2 aromatic carbocycles. The molecule has 0 amide bonds. The van der Waals surface area contributed by atoms with E-state index in [1.54, 1.807) is 19.2 Å². The van der Waals surface area contributed by atoms with Crippen LogP contribution in [0.1, 0.15) is 36.6 Å². The van der Waals surface area contributed by atoms with Crippen LogP contribution in [0.25, 0.3) is 0 Å². The van der Waals surface area contributed by atoms with Gasteiger partial charge in [0.15, 0.2) is 8.46 Å². The number of hydrogen-bond donors (Lipinski definition) is 1. The lowest BCUT2D eigenvalue weighted by Crippen LogP contribution is -2.06. The summed E-state index contributed by atoms with van der Waals surface area (Å²) in [5, 5.41) is 1.06. The molecule has 1 unspecified atom stereocenters. The zero-order chi connectivity index (χ0) is 19.8. The van der Waals surface area contributed by atoms with E-state index in [9.17, 15) is 4.57 Å². The smallest absolute Gasteiger partial charge is 0.163 e. The van der Waals surface area contributed by atoms with Crippen LogP contribution in [-0.4, -0.2) is 13.8 Å². The lowest BCUT2D eigenvalue weighted by atomic mass is 10.1. The molecule has 0 saturated heterocycles. The van der Waals surface area contributed by atoms with Crippen molar-refractivity contribution in [2.45, 2.75) is 32.0 Å². The maximum Gasteiger partial charge on any atom is 0.163 e. The maximum atomic E-state index is 10.9. The topological polar surface area (TPSA) is 55.4 Å². The van der Waals surface area contributed by atoms with Crippen molar-refractivity contribution in [1.29, 1.82) is 0 Å². The van der Waals surface area contributed by atoms with E-state index >= 15 is 0 Å². The summed E-state index contributed by atoms with van der Waals surface area (Å²) >= 11 is 11.7. The van der Waals surface area contributed by atoms with Gasteiger partial charge in [0, 0.05) is 7.05 Å². The molecule has 0 spiro atoms. The Morgan fingerprint density at radius 1 is 1.12 bits per heavy atom. The molecule has 0 aliphatic rings. The van der Waals surface area contributed by atoms with Crippen molar-refractivity contribution in [3.63, 3.8) is 0 Å². The number of hydrogen-bond acceptors (Lipinski definition) is 4. The summed E-state index contributed by atoms with van der Waals surface area (Å²) in [6.45, 7) is 4.69. The fourth-order valence-electron chi connectivity index (χ4n) is 2.00. The number of carbonyl (C=O) groups is 1. The molecule has 0 aromatic heterocycles. The Hall–Kier alpha value is -1.29. The van der Waals surface area contributed by atoms with Gasteiger partial charge in [-0.2, -0.15) is 0 Å². The highest BCUT2D eigenvalue weighted by atomic mass is 35.5. The molecule has 0 bridgehead atoms. The summed E-state index contributed by atoms with van der Waals surface area (Å²) in [6, 6.07) is 15.4. The van der Waals surface area contributed by atoms with Gasteiger partial charge in [-0.1, -0.05) is 72.9 Å². The van der Waals surface area contributed by atoms with E-state index in [0.29, 0.717) is 16.7 Å². The number of nitrogens with one attached hydrogen (secondary N) is 1. The quantitative estimate of drug-likeness (QED) is 0.426. The lowest BCUT2D eigenvalue weighted by Gasteiger charge is -2.08. The molecule has 0 aliphatic carbocycles. The van der Waals surface area contributed by atoms with Crippen molar-refractivity contribution in [1.82, 2.24) is 5.48 Å². The molecule has 0 saturated carbocycles. The van der Waals surface area contributed by atoms with Crippen molar-refractivity contribution in [3.05, 3.63) is 69.7 Å². The SMILES string of the molecule is C=O.CCCC(P=O)c1ccc(Cl)c(Cl)c1.CNOCc1ccccc1. The van der Waals surface area contributed by atoms with Crippen LogP contribution in [0.2, 0.25) is 10.0 Å². The first kappa shape index (κ1) is 24.7. The highest BCUT2D eigenvalue weighted by Gasteiger charge is 2.11. The summed E-state index contributed by atoms with van der Waals surface area (Å²) in [5.41, 5.74) is 4.81. The Bertz CT molecular complexity index is 629. The molecular weight excluding hydrogens is 392 g/mol. The van der Waals surface area contributed by atoms with Crippen LogP contribution in [0.15, 0.2) is 48.5 Å². The van der Waals surface area contributed by atoms with E-state index in [1.165, 1.54) is 5.56 Å². The number of carbonyl (C=O) groups excluding carboxylic acids is 1. The van der Waals surface area contributed by atoms with Gasteiger partial charge in [0.05, 0.1) is 22.3 Å². The van der Waals surface area contributed by atoms with Gasteiger partial charge >= 0.3 is 0 Å². The first-order valence-corrected chi connectivity index (χ1v) is 9.64. The van der Waals surface area contributed by atoms with Gasteiger partial charge in [0.25, 0.3) is 0 Å². The molecule has 26 heavy (non-hydrogen) atoms. The van der Waals surface area contributed by atoms with E-state index in [0.717, 1.165) is 18.4 Å². The molecule has 2 aromatic rings. The fourth-order valence-corrected chi connectivity index (χ4v) is 2.96. The Morgan fingerprint density at radius 2 is 1.77 bits per heavy atom. The molecule has 0 aliphatic heterocycles. The number of halogens is 2.